The Bertz CT molecular complexity index is 1030. The van der Waals surface area contributed by atoms with Gasteiger partial charge >= 0.3 is 0 Å². The van der Waals surface area contributed by atoms with Crippen LogP contribution in [0.3, 0.4) is 0 Å². The lowest BCUT2D eigenvalue weighted by molar-refractivity contribution is 0.0532. The van der Waals surface area contributed by atoms with Crippen molar-refractivity contribution in [3.05, 3.63) is 65.5 Å². The molecule has 1 aromatic heterocycles. The van der Waals surface area contributed by atoms with E-state index in [4.69, 9.17) is 0 Å². The van der Waals surface area contributed by atoms with Gasteiger partial charge in [0, 0.05) is 31.7 Å². The number of rotatable bonds is 2. The summed E-state index contributed by atoms with van der Waals surface area (Å²) in [5.41, 5.74) is 1.79. The third kappa shape index (κ3) is 3.25. The number of amides is 2. The van der Waals surface area contributed by atoms with Crippen molar-refractivity contribution in [2.45, 2.75) is 0 Å². The van der Waals surface area contributed by atoms with Crippen LogP contribution in [0.15, 0.2) is 42.7 Å². The van der Waals surface area contributed by atoms with Crippen LogP contribution in [0.4, 0.5) is 8.78 Å². The van der Waals surface area contributed by atoms with Gasteiger partial charge in [-0.25, -0.2) is 13.8 Å². The number of hydrogen-bond donors (Lipinski definition) is 1. The van der Waals surface area contributed by atoms with Crippen molar-refractivity contribution in [2.75, 3.05) is 26.2 Å². The van der Waals surface area contributed by atoms with Gasteiger partial charge in [0.1, 0.15) is 11.6 Å². The number of halogens is 2. The molecule has 0 unspecified atom stereocenters. The summed E-state index contributed by atoms with van der Waals surface area (Å²) < 4.78 is 27.1. The van der Waals surface area contributed by atoms with Crippen molar-refractivity contribution < 1.29 is 18.4 Å². The Morgan fingerprint density at radius 1 is 0.926 bits per heavy atom. The van der Waals surface area contributed by atoms with E-state index in [0.29, 0.717) is 18.7 Å². The highest BCUT2D eigenvalue weighted by Gasteiger charge is 2.27. The molecule has 0 spiro atoms. The van der Waals surface area contributed by atoms with E-state index >= 15 is 0 Å². The van der Waals surface area contributed by atoms with Gasteiger partial charge in [-0.2, -0.15) is 0 Å². The molecule has 3 aromatic rings. The molecule has 1 aliphatic heterocycles. The van der Waals surface area contributed by atoms with E-state index in [-0.39, 0.29) is 24.6 Å². The highest BCUT2D eigenvalue weighted by molar-refractivity contribution is 5.98. The van der Waals surface area contributed by atoms with Crippen LogP contribution in [0.2, 0.25) is 0 Å². The van der Waals surface area contributed by atoms with E-state index in [9.17, 15) is 18.4 Å². The van der Waals surface area contributed by atoms with E-state index in [2.05, 4.69) is 9.97 Å². The van der Waals surface area contributed by atoms with Crippen molar-refractivity contribution in [3.8, 4) is 0 Å². The van der Waals surface area contributed by atoms with Gasteiger partial charge in [0.05, 0.1) is 22.9 Å². The molecule has 0 atom stereocenters. The highest BCUT2D eigenvalue weighted by Crippen LogP contribution is 2.17. The number of fused-ring (bicyclic) bond motifs is 1. The van der Waals surface area contributed by atoms with Crippen molar-refractivity contribution in [3.63, 3.8) is 0 Å². The number of nitrogens with zero attached hydrogens (tertiary/aromatic N) is 3. The summed E-state index contributed by atoms with van der Waals surface area (Å²) >= 11 is 0. The van der Waals surface area contributed by atoms with Crippen LogP contribution in [0.1, 0.15) is 20.7 Å². The maximum absolute atomic E-state index is 13.8. The second kappa shape index (κ2) is 6.79. The first-order valence-corrected chi connectivity index (χ1v) is 8.49. The molecule has 1 saturated heterocycles. The van der Waals surface area contributed by atoms with Gasteiger partial charge in [0.15, 0.2) is 0 Å². The average Bonchev–Trinajstić information content (AvgIpc) is 3.16. The lowest BCUT2D eigenvalue weighted by atomic mass is 10.1. The van der Waals surface area contributed by atoms with Crippen LogP contribution in [-0.2, 0) is 0 Å². The average molecular weight is 370 g/mol. The summed E-state index contributed by atoms with van der Waals surface area (Å²) in [4.78, 5) is 35.3. The Balaban J connectivity index is 1.44. The number of benzene rings is 2. The van der Waals surface area contributed by atoms with Crippen molar-refractivity contribution in [1.29, 1.82) is 0 Å². The summed E-state index contributed by atoms with van der Waals surface area (Å²) in [5.74, 6) is -2.14. The summed E-state index contributed by atoms with van der Waals surface area (Å²) in [6.45, 7) is 1.16. The largest absolute Gasteiger partial charge is 0.345 e. The van der Waals surface area contributed by atoms with Gasteiger partial charge in [-0.1, -0.05) is 0 Å². The zero-order valence-electron chi connectivity index (χ0n) is 14.3. The summed E-state index contributed by atoms with van der Waals surface area (Å²) in [6.07, 6.45) is 1.56. The van der Waals surface area contributed by atoms with E-state index in [1.807, 2.05) is 0 Å². The number of nitrogens with one attached hydrogen (secondary N) is 1. The molecule has 6 nitrogen and oxygen atoms in total. The highest BCUT2D eigenvalue weighted by atomic mass is 19.1. The zero-order chi connectivity index (χ0) is 19.0. The van der Waals surface area contributed by atoms with Crippen molar-refractivity contribution in [2.24, 2.45) is 0 Å². The molecule has 0 radical (unpaired) electrons. The number of carbonyl (C=O) groups is 2. The fourth-order valence-electron chi connectivity index (χ4n) is 3.20. The van der Waals surface area contributed by atoms with Gasteiger partial charge in [0.2, 0.25) is 0 Å². The molecule has 2 amide bonds. The predicted octanol–water partition coefficient (Wildman–Crippen LogP) is 2.44. The molecule has 0 bridgehead atoms. The molecule has 0 saturated carbocycles. The number of aromatic amines is 1. The molecule has 27 heavy (non-hydrogen) atoms. The molecule has 2 heterocycles. The minimum Gasteiger partial charge on any atom is -0.345 e. The monoisotopic (exact) mass is 370 g/mol. The smallest absolute Gasteiger partial charge is 0.257 e. The predicted molar refractivity (Wildman–Crippen MR) is 94.3 cm³/mol. The third-order valence-electron chi connectivity index (χ3n) is 4.68. The number of carbonyl (C=O) groups excluding carboxylic acids is 2. The fraction of sp³-hybridized carbons (Fsp3) is 0.211. The Morgan fingerprint density at radius 3 is 2.37 bits per heavy atom. The van der Waals surface area contributed by atoms with E-state index < -0.39 is 17.5 Å². The SMILES string of the molecule is O=C(c1ccc2nc[nH]c2c1)N1CCN(C(=O)c2cc(F)ccc2F)CC1. The lowest BCUT2D eigenvalue weighted by Gasteiger charge is -2.35. The second-order valence-electron chi connectivity index (χ2n) is 6.34. The third-order valence-corrected chi connectivity index (χ3v) is 4.68. The summed E-state index contributed by atoms with van der Waals surface area (Å²) in [7, 11) is 0. The van der Waals surface area contributed by atoms with Crippen LogP contribution >= 0.6 is 0 Å². The van der Waals surface area contributed by atoms with E-state index in [1.165, 1.54) is 4.90 Å². The normalized spacial score (nSPS) is 14.6. The molecule has 1 aliphatic rings. The first-order chi connectivity index (χ1) is 13.0. The van der Waals surface area contributed by atoms with E-state index in [1.54, 1.807) is 29.4 Å². The summed E-state index contributed by atoms with van der Waals surface area (Å²) in [5, 5.41) is 0. The van der Waals surface area contributed by atoms with Crippen molar-refractivity contribution >= 4 is 22.8 Å². The number of piperazine rings is 1. The fourth-order valence-corrected chi connectivity index (χ4v) is 3.20. The Labute approximate surface area is 153 Å². The van der Waals surface area contributed by atoms with Gasteiger partial charge in [-0.05, 0) is 36.4 Å². The van der Waals surface area contributed by atoms with Gasteiger partial charge in [-0.3, -0.25) is 9.59 Å². The van der Waals surface area contributed by atoms with Crippen LogP contribution in [0, 0.1) is 11.6 Å². The molecular weight excluding hydrogens is 354 g/mol. The van der Waals surface area contributed by atoms with Gasteiger partial charge in [-0.15, -0.1) is 0 Å². The molecule has 8 heteroatoms. The number of H-pyrrole nitrogens is 1. The molecule has 4 rings (SSSR count). The molecule has 0 aliphatic carbocycles. The molecule has 2 aromatic carbocycles. The standard InChI is InChI=1S/C19H16F2N4O2/c20-13-2-3-15(21)14(10-13)19(27)25-7-5-24(6-8-25)18(26)12-1-4-16-17(9-12)23-11-22-16/h1-4,9-11H,5-8H2,(H,22,23). The Morgan fingerprint density at radius 2 is 1.63 bits per heavy atom. The van der Waals surface area contributed by atoms with Crippen LogP contribution in [0.5, 0.6) is 0 Å². The minimum atomic E-state index is -0.757. The maximum atomic E-state index is 13.8. The van der Waals surface area contributed by atoms with Gasteiger partial charge in [0.25, 0.3) is 11.8 Å². The molecular formula is C19H16F2N4O2. The van der Waals surface area contributed by atoms with Crippen LogP contribution in [0.25, 0.3) is 11.0 Å². The van der Waals surface area contributed by atoms with E-state index in [0.717, 1.165) is 29.2 Å². The van der Waals surface area contributed by atoms with Gasteiger partial charge < -0.3 is 14.8 Å². The van der Waals surface area contributed by atoms with Crippen LogP contribution < -0.4 is 0 Å². The summed E-state index contributed by atoms with van der Waals surface area (Å²) in [6, 6.07) is 8.03. The van der Waals surface area contributed by atoms with Crippen LogP contribution in [-0.4, -0.2) is 57.8 Å². The first kappa shape index (κ1) is 17.1. The Hall–Kier alpha value is -3.29. The van der Waals surface area contributed by atoms with Crippen molar-refractivity contribution in [1.82, 2.24) is 19.8 Å². The topological polar surface area (TPSA) is 69.3 Å². The second-order valence-corrected chi connectivity index (χ2v) is 6.34. The number of hydrogen-bond acceptors (Lipinski definition) is 3. The molecule has 138 valence electrons. The molecule has 1 fully saturated rings. The Kier molecular flexibility index (Phi) is 4.31. The first-order valence-electron chi connectivity index (χ1n) is 8.49. The lowest BCUT2D eigenvalue weighted by Crippen LogP contribution is -2.50. The number of imidazole rings is 1. The minimum absolute atomic E-state index is 0.143. The number of aromatic nitrogens is 2. The maximum Gasteiger partial charge on any atom is 0.257 e. The zero-order valence-corrected chi connectivity index (χ0v) is 14.3. The quantitative estimate of drug-likeness (QED) is 0.753. The molecule has 1 N–H and O–H groups in total.